The van der Waals surface area contributed by atoms with E-state index in [1.54, 1.807) is 0 Å². The number of esters is 1. The molecular formula is C10H16N2O5. The van der Waals surface area contributed by atoms with Gasteiger partial charge in [-0.05, 0) is 12.8 Å². The van der Waals surface area contributed by atoms with Crippen molar-refractivity contribution < 1.29 is 24.2 Å². The van der Waals surface area contributed by atoms with Gasteiger partial charge in [0.25, 0.3) is 0 Å². The Labute approximate surface area is 98.5 Å². The van der Waals surface area contributed by atoms with E-state index in [1.165, 1.54) is 11.8 Å². The highest BCUT2D eigenvalue weighted by molar-refractivity contribution is 5.87. The molecule has 1 fully saturated rings. The largest absolute Gasteiger partial charge is 0.480 e. The van der Waals surface area contributed by atoms with Crippen molar-refractivity contribution in [3.63, 3.8) is 0 Å². The van der Waals surface area contributed by atoms with E-state index < -0.39 is 29.9 Å². The molecule has 1 saturated heterocycles. The Morgan fingerprint density at radius 1 is 1.53 bits per heavy atom. The number of nitrogens with zero attached hydrogens (tertiary/aromatic N) is 1. The van der Waals surface area contributed by atoms with E-state index in [0.717, 1.165) is 0 Å². The first kappa shape index (κ1) is 13.4. The Kier molecular flexibility index (Phi) is 4.45. The van der Waals surface area contributed by atoms with E-state index >= 15 is 0 Å². The lowest BCUT2D eigenvalue weighted by Crippen LogP contribution is -2.50. The molecule has 0 radical (unpaired) electrons. The number of carbonyl (C=O) groups is 3. The van der Waals surface area contributed by atoms with Gasteiger partial charge in [0.1, 0.15) is 18.7 Å². The maximum atomic E-state index is 11.8. The van der Waals surface area contributed by atoms with Crippen LogP contribution in [0.5, 0.6) is 0 Å². The number of hydrogen-bond donors (Lipinski definition) is 2. The van der Waals surface area contributed by atoms with Crippen LogP contribution in [0.15, 0.2) is 0 Å². The Bertz CT molecular complexity index is 331. The molecule has 0 saturated carbocycles. The summed E-state index contributed by atoms with van der Waals surface area (Å²) in [6.45, 7) is 1.37. The van der Waals surface area contributed by atoms with Gasteiger partial charge in [-0.1, -0.05) is 0 Å². The first-order chi connectivity index (χ1) is 7.93. The minimum absolute atomic E-state index is 0.225. The highest BCUT2D eigenvalue weighted by atomic mass is 16.5. The molecule has 7 heteroatoms. The van der Waals surface area contributed by atoms with Crippen molar-refractivity contribution in [3.05, 3.63) is 0 Å². The quantitative estimate of drug-likeness (QED) is 0.611. The van der Waals surface area contributed by atoms with Crippen LogP contribution in [-0.2, 0) is 19.1 Å². The Morgan fingerprint density at radius 3 is 2.71 bits per heavy atom. The van der Waals surface area contributed by atoms with Crippen LogP contribution in [-0.4, -0.2) is 53.1 Å². The van der Waals surface area contributed by atoms with Crippen LogP contribution in [0.3, 0.4) is 0 Å². The molecule has 0 unspecified atom stereocenters. The Morgan fingerprint density at radius 2 is 2.18 bits per heavy atom. The zero-order chi connectivity index (χ0) is 13.0. The number of nitrogens with two attached hydrogens (primary N) is 1. The molecule has 1 rings (SSSR count). The van der Waals surface area contributed by atoms with Crippen molar-refractivity contribution in [2.75, 3.05) is 13.2 Å². The van der Waals surface area contributed by atoms with Gasteiger partial charge in [-0.3, -0.25) is 9.59 Å². The van der Waals surface area contributed by atoms with Crippen LogP contribution in [0.25, 0.3) is 0 Å². The molecule has 7 nitrogen and oxygen atoms in total. The predicted molar refractivity (Wildman–Crippen MR) is 57.0 cm³/mol. The molecule has 3 N–H and O–H groups in total. The lowest BCUT2D eigenvalue weighted by Gasteiger charge is -2.24. The summed E-state index contributed by atoms with van der Waals surface area (Å²) in [6.07, 6.45) is 1.07. The smallest absolute Gasteiger partial charge is 0.326 e. The van der Waals surface area contributed by atoms with E-state index in [1.807, 2.05) is 0 Å². The van der Waals surface area contributed by atoms with Crippen molar-refractivity contribution in [3.8, 4) is 0 Å². The minimum atomic E-state index is -1.03. The summed E-state index contributed by atoms with van der Waals surface area (Å²) < 4.78 is 4.62. The third-order valence-electron chi connectivity index (χ3n) is 2.60. The summed E-state index contributed by atoms with van der Waals surface area (Å²) in [4.78, 5) is 34.5. The predicted octanol–water partition coefficient (Wildman–Crippen LogP) is -1.05. The van der Waals surface area contributed by atoms with Crippen LogP contribution in [0.1, 0.15) is 19.8 Å². The number of hydrogen-bond acceptors (Lipinski definition) is 5. The van der Waals surface area contributed by atoms with Gasteiger partial charge in [0.2, 0.25) is 5.91 Å². The number of likely N-dealkylation sites (tertiary alicyclic amines) is 1. The number of ether oxygens (including phenoxy) is 1. The Balaban J connectivity index is 2.56. The molecule has 0 aromatic rings. The zero-order valence-corrected chi connectivity index (χ0v) is 9.59. The molecule has 2 atom stereocenters. The number of amides is 1. The minimum Gasteiger partial charge on any atom is -0.480 e. The molecule has 96 valence electrons. The fraction of sp³-hybridized carbons (Fsp3) is 0.700. The number of rotatable bonds is 4. The number of carbonyl (C=O) groups excluding carboxylic acids is 2. The van der Waals surface area contributed by atoms with Crippen LogP contribution >= 0.6 is 0 Å². The standard InChI is InChI=1S/C10H16N2O5/c1-6(13)17-5-7(11)9(14)12-4-2-3-8(12)10(15)16/h7-8H,2-5,11H2,1H3,(H,15,16)/t7-,8-/m0/s1. The summed E-state index contributed by atoms with van der Waals surface area (Å²) in [6, 6.07) is -1.82. The normalized spacial score (nSPS) is 21.1. The SMILES string of the molecule is CC(=O)OC[C@H](N)C(=O)N1CCC[C@H]1C(=O)O. The molecule has 0 bridgehead atoms. The third kappa shape index (κ3) is 3.42. The average Bonchev–Trinajstić information content (AvgIpc) is 2.73. The topological polar surface area (TPSA) is 110 Å². The Hall–Kier alpha value is -1.63. The molecular weight excluding hydrogens is 228 g/mol. The fourth-order valence-electron chi connectivity index (χ4n) is 1.78. The summed E-state index contributed by atoms with van der Waals surface area (Å²) in [5.74, 6) is -2.05. The molecule has 1 heterocycles. The zero-order valence-electron chi connectivity index (χ0n) is 9.59. The number of aliphatic carboxylic acids is 1. The van der Waals surface area contributed by atoms with E-state index in [2.05, 4.69) is 4.74 Å². The maximum absolute atomic E-state index is 11.8. The molecule has 1 aliphatic rings. The first-order valence-corrected chi connectivity index (χ1v) is 5.35. The van der Waals surface area contributed by atoms with Crippen LogP contribution in [0.4, 0.5) is 0 Å². The van der Waals surface area contributed by atoms with Gasteiger partial charge in [0.05, 0.1) is 0 Å². The molecule has 17 heavy (non-hydrogen) atoms. The van der Waals surface area contributed by atoms with Gasteiger partial charge >= 0.3 is 11.9 Å². The lowest BCUT2D eigenvalue weighted by molar-refractivity contribution is -0.151. The van der Waals surface area contributed by atoms with Crippen molar-refractivity contribution in [1.29, 1.82) is 0 Å². The molecule has 0 spiro atoms. The maximum Gasteiger partial charge on any atom is 0.326 e. The van der Waals surface area contributed by atoms with Crippen LogP contribution in [0.2, 0.25) is 0 Å². The lowest BCUT2D eigenvalue weighted by atomic mass is 10.2. The molecule has 1 amide bonds. The highest BCUT2D eigenvalue weighted by Crippen LogP contribution is 2.18. The fourth-order valence-corrected chi connectivity index (χ4v) is 1.78. The highest BCUT2D eigenvalue weighted by Gasteiger charge is 2.36. The summed E-state index contributed by atoms with van der Waals surface area (Å²) in [7, 11) is 0. The second-order valence-corrected chi connectivity index (χ2v) is 3.94. The van der Waals surface area contributed by atoms with Crippen molar-refractivity contribution in [1.82, 2.24) is 4.90 Å². The van der Waals surface area contributed by atoms with Gasteiger partial charge in [-0.25, -0.2) is 4.79 Å². The summed E-state index contributed by atoms with van der Waals surface area (Å²) in [5.41, 5.74) is 5.55. The number of carboxylic acids is 1. The van der Waals surface area contributed by atoms with Crippen LogP contribution in [0, 0.1) is 0 Å². The van der Waals surface area contributed by atoms with Gasteiger partial charge in [0.15, 0.2) is 0 Å². The number of carboxylic acid groups (broad SMARTS) is 1. The second kappa shape index (κ2) is 5.62. The molecule has 0 aromatic carbocycles. The van der Waals surface area contributed by atoms with Crippen molar-refractivity contribution >= 4 is 17.8 Å². The average molecular weight is 244 g/mol. The second-order valence-electron chi connectivity index (χ2n) is 3.94. The van der Waals surface area contributed by atoms with Gasteiger partial charge in [0, 0.05) is 13.5 Å². The van der Waals surface area contributed by atoms with Crippen molar-refractivity contribution in [2.24, 2.45) is 5.73 Å². The monoisotopic (exact) mass is 244 g/mol. The van der Waals surface area contributed by atoms with E-state index in [-0.39, 0.29) is 6.61 Å². The van der Waals surface area contributed by atoms with Crippen molar-refractivity contribution in [2.45, 2.75) is 31.8 Å². The van der Waals surface area contributed by atoms with E-state index in [0.29, 0.717) is 19.4 Å². The van der Waals surface area contributed by atoms with Gasteiger partial charge in [-0.2, -0.15) is 0 Å². The van der Waals surface area contributed by atoms with E-state index in [9.17, 15) is 14.4 Å². The van der Waals surface area contributed by atoms with Gasteiger partial charge in [-0.15, -0.1) is 0 Å². The van der Waals surface area contributed by atoms with Gasteiger partial charge < -0.3 is 20.5 Å². The molecule has 0 aliphatic carbocycles. The van der Waals surface area contributed by atoms with E-state index in [4.69, 9.17) is 10.8 Å². The first-order valence-electron chi connectivity index (χ1n) is 5.35. The summed E-state index contributed by atoms with van der Waals surface area (Å²) >= 11 is 0. The molecule has 0 aromatic heterocycles. The third-order valence-corrected chi connectivity index (χ3v) is 2.60. The van der Waals surface area contributed by atoms with Crippen LogP contribution < -0.4 is 5.73 Å². The molecule has 1 aliphatic heterocycles. The summed E-state index contributed by atoms with van der Waals surface area (Å²) in [5, 5.41) is 8.91.